The lowest BCUT2D eigenvalue weighted by Gasteiger charge is -2.43. The Balaban J connectivity index is 0.00000150. The highest BCUT2D eigenvalue weighted by Crippen LogP contribution is 2.27. The number of pyridine rings is 2. The van der Waals surface area contributed by atoms with E-state index in [0.29, 0.717) is 12.2 Å². The van der Waals surface area contributed by atoms with Gasteiger partial charge in [0.25, 0.3) is 0 Å². The van der Waals surface area contributed by atoms with E-state index in [0.717, 1.165) is 35.7 Å². The second-order valence-corrected chi connectivity index (χ2v) is 7.69. The molecule has 3 N–H and O–H groups in total. The van der Waals surface area contributed by atoms with Gasteiger partial charge in [0.05, 0.1) is 23.0 Å². The molecular weight excluding hydrogens is 340 g/mol. The molecule has 0 aliphatic carbocycles. The molecule has 2 atom stereocenters. The van der Waals surface area contributed by atoms with Crippen molar-refractivity contribution in [1.82, 2.24) is 25.5 Å². The van der Waals surface area contributed by atoms with Crippen LogP contribution in [0, 0.1) is 5.92 Å². The first-order valence-corrected chi connectivity index (χ1v) is 9.44. The Bertz CT molecular complexity index is 945. The zero-order valence-electron chi connectivity index (χ0n) is 16.0. The maximum absolute atomic E-state index is 10.9. The minimum Gasteiger partial charge on any atom is -0.388 e. The number of aromatic amines is 1. The first-order chi connectivity index (χ1) is 13.0. The highest BCUT2D eigenvalue weighted by Gasteiger charge is 2.37. The van der Waals surface area contributed by atoms with E-state index in [9.17, 15) is 5.11 Å². The van der Waals surface area contributed by atoms with Crippen LogP contribution >= 0.6 is 0 Å². The summed E-state index contributed by atoms with van der Waals surface area (Å²) in [4.78, 5) is 11.4. The molecule has 7 nitrogen and oxygen atoms in total. The summed E-state index contributed by atoms with van der Waals surface area (Å²) in [5.41, 5.74) is 1.63. The fourth-order valence-electron chi connectivity index (χ4n) is 3.54. The van der Waals surface area contributed by atoms with Crippen molar-refractivity contribution in [3.63, 3.8) is 0 Å². The van der Waals surface area contributed by atoms with E-state index in [2.05, 4.69) is 39.2 Å². The minimum absolute atomic E-state index is 0. The number of aromatic nitrogens is 4. The third-order valence-corrected chi connectivity index (χ3v) is 5.69. The molecule has 0 spiro atoms. The third kappa shape index (κ3) is 3.28. The van der Waals surface area contributed by atoms with Crippen molar-refractivity contribution in [2.24, 2.45) is 5.92 Å². The van der Waals surface area contributed by atoms with Crippen LogP contribution in [0.5, 0.6) is 0 Å². The molecule has 0 saturated carbocycles. The Morgan fingerprint density at radius 2 is 2.15 bits per heavy atom. The second-order valence-electron chi connectivity index (χ2n) is 7.69. The number of H-pyrrole nitrogens is 1. The van der Waals surface area contributed by atoms with Crippen LogP contribution in [-0.4, -0.2) is 56.5 Å². The number of nitrogens with one attached hydrogen (secondary N) is 2. The average molecular weight is 371 g/mol. The number of nitrogens with zero attached hydrogens (tertiary/aromatic N) is 4. The number of rotatable bonds is 4. The van der Waals surface area contributed by atoms with Crippen molar-refractivity contribution in [1.29, 1.82) is 0 Å². The fourth-order valence-corrected chi connectivity index (χ4v) is 3.54. The molecule has 0 amide bonds. The molecule has 4 rings (SSSR count). The normalized spacial score (nSPS) is 20.2. The highest BCUT2D eigenvalue weighted by molar-refractivity contribution is 5.89. The maximum Gasteiger partial charge on any atom is 0.181 e. The topological polar surface area (TPSA) is 90.0 Å². The fraction of sp³-hybridized carbons (Fsp3) is 0.450. The summed E-state index contributed by atoms with van der Waals surface area (Å²) in [6, 6.07) is 9.91. The maximum atomic E-state index is 10.9. The van der Waals surface area contributed by atoms with E-state index in [1.807, 2.05) is 37.3 Å². The van der Waals surface area contributed by atoms with Crippen LogP contribution in [0.15, 0.2) is 36.5 Å². The molecule has 0 radical (unpaired) electrons. The summed E-state index contributed by atoms with van der Waals surface area (Å²) in [5, 5.41) is 22.6. The number of piperazine rings is 1. The van der Waals surface area contributed by atoms with Gasteiger partial charge >= 0.3 is 0 Å². The summed E-state index contributed by atoms with van der Waals surface area (Å²) in [6.45, 7) is 8.40. The minimum atomic E-state index is -0.776. The highest BCUT2D eigenvalue weighted by atomic mass is 16.3. The van der Waals surface area contributed by atoms with Gasteiger partial charge in [0.2, 0.25) is 0 Å². The van der Waals surface area contributed by atoms with Gasteiger partial charge in [-0.3, -0.25) is 5.10 Å². The predicted octanol–water partition coefficient (Wildman–Crippen LogP) is 2.70. The van der Waals surface area contributed by atoms with Gasteiger partial charge in [-0.1, -0.05) is 19.9 Å². The van der Waals surface area contributed by atoms with Gasteiger partial charge in [-0.05, 0) is 37.1 Å². The van der Waals surface area contributed by atoms with Gasteiger partial charge in [-0.25, -0.2) is 9.97 Å². The number of hydrogen-bond donors (Lipinski definition) is 3. The first-order valence-electron chi connectivity index (χ1n) is 9.44. The Morgan fingerprint density at radius 3 is 2.96 bits per heavy atom. The summed E-state index contributed by atoms with van der Waals surface area (Å²) < 4.78 is 0. The lowest BCUT2D eigenvalue weighted by atomic mass is 9.84. The number of anilines is 1. The van der Waals surface area contributed by atoms with Crippen LogP contribution in [0.2, 0.25) is 0 Å². The Morgan fingerprint density at radius 1 is 1.30 bits per heavy atom. The van der Waals surface area contributed by atoms with E-state index >= 15 is 0 Å². The summed E-state index contributed by atoms with van der Waals surface area (Å²) in [6.07, 6.45) is 1.73. The van der Waals surface area contributed by atoms with Crippen molar-refractivity contribution < 1.29 is 7.96 Å². The van der Waals surface area contributed by atoms with Gasteiger partial charge in [-0.15, -0.1) is 0 Å². The smallest absolute Gasteiger partial charge is 0.181 e. The van der Waals surface area contributed by atoms with Gasteiger partial charge in [0, 0.05) is 34.1 Å². The van der Waals surface area contributed by atoms with Crippen molar-refractivity contribution in [2.45, 2.75) is 32.4 Å². The third-order valence-electron chi connectivity index (χ3n) is 5.69. The molecule has 7 heteroatoms. The van der Waals surface area contributed by atoms with E-state index in [4.69, 9.17) is 4.98 Å². The molecule has 3 aromatic heterocycles. The lowest BCUT2D eigenvalue weighted by Crippen LogP contribution is -2.62. The second kappa shape index (κ2) is 6.90. The van der Waals surface area contributed by atoms with Crippen LogP contribution in [0.1, 0.15) is 23.6 Å². The van der Waals surface area contributed by atoms with Crippen molar-refractivity contribution in [3.8, 4) is 11.4 Å². The van der Waals surface area contributed by atoms with Crippen LogP contribution in [0.4, 0.5) is 5.82 Å². The zero-order valence-corrected chi connectivity index (χ0v) is 16.0. The van der Waals surface area contributed by atoms with Gasteiger partial charge in [-0.2, -0.15) is 5.10 Å². The molecule has 27 heavy (non-hydrogen) atoms. The van der Waals surface area contributed by atoms with Gasteiger partial charge < -0.3 is 15.3 Å². The Labute approximate surface area is 161 Å². The molecule has 1 fully saturated rings. The summed E-state index contributed by atoms with van der Waals surface area (Å²) in [7, 11) is 0. The predicted molar refractivity (Wildman–Crippen MR) is 111 cm³/mol. The molecule has 0 bridgehead atoms. The molecule has 4 heterocycles. The number of hydrogen-bond acceptors (Lipinski definition) is 6. The van der Waals surface area contributed by atoms with Crippen LogP contribution in [0.3, 0.4) is 0 Å². The Kier molecular flexibility index (Phi) is 4.57. The lowest BCUT2D eigenvalue weighted by molar-refractivity contribution is -0.0231. The standard InChI is InChI=1S/C20H26N6O.2H2/c1-13(2)20(3,27)16-12-26(11-10-21-16)17-8-4-7-15(23-17)18-14-6-5-9-22-19(14)25-24-18;;/h4-9,13,16,21,27H,10-12H2,1-3H3,(H,22,24,25);2*1H. The van der Waals surface area contributed by atoms with Crippen molar-refractivity contribution >= 4 is 16.9 Å². The number of aliphatic hydroxyl groups is 1. The van der Waals surface area contributed by atoms with E-state index < -0.39 is 5.60 Å². The Hall–Kier alpha value is -2.51. The van der Waals surface area contributed by atoms with Crippen molar-refractivity contribution in [3.05, 3.63) is 36.5 Å². The van der Waals surface area contributed by atoms with Crippen LogP contribution in [-0.2, 0) is 0 Å². The molecular formula is C20H30N6O. The molecule has 3 aromatic rings. The monoisotopic (exact) mass is 370 g/mol. The summed E-state index contributed by atoms with van der Waals surface area (Å²) in [5.74, 6) is 1.07. The van der Waals surface area contributed by atoms with Gasteiger partial charge in [0.15, 0.2) is 5.65 Å². The first kappa shape index (κ1) is 17.9. The number of fused-ring (bicyclic) bond motifs is 1. The molecule has 2 unspecified atom stereocenters. The average Bonchev–Trinajstić information content (AvgIpc) is 3.12. The quantitative estimate of drug-likeness (QED) is 0.654. The van der Waals surface area contributed by atoms with Crippen LogP contribution in [0.25, 0.3) is 22.4 Å². The molecule has 146 valence electrons. The summed E-state index contributed by atoms with van der Waals surface area (Å²) >= 11 is 0. The van der Waals surface area contributed by atoms with Crippen molar-refractivity contribution in [2.75, 3.05) is 24.5 Å². The van der Waals surface area contributed by atoms with Gasteiger partial charge in [0.1, 0.15) is 5.82 Å². The molecule has 0 aromatic carbocycles. The zero-order chi connectivity index (χ0) is 19.0. The van der Waals surface area contributed by atoms with E-state index in [1.54, 1.807) is 6.20 Å². The van der Waals surface area contributed by atoms with Crippen LogP contribution < -0.4 is 10.2 Å². The SMILES string of the molecule is CC(C)C(C)(O)C1CN(c2cccc(-c3[nH]nc4ncccc34)n2)CCN1.[HH].[HH]. The molecule has 1 aliphatic rings. The van der Waals surface area contributed by atoms with E-state index in [1.165, 1.54) is 0 Å². The largest absolute Gasteiger partial charge is 0.388 e. The molecule has 1 saturated heterocycles. The van der Waals surface area contributed by atoms with E-state index in [-0.39, 0.29) is 14.8 Å². The molecule has 1 aliphatic heterocycles.